The second-order valence-electron chi connectivity index (χ2n) is 5.49. The molecule has 3 nitrogen and oxygen atoms in total. The Morgan fingerprint density at radius 1 is 1.30 bits per heavy atom. The van der Waals surface area contributed by atoms with Crippen LogP contribution in [-0.4, -0.2) is 16.1 Å². The molecule has 0 spiro atoms. The molecule has 0 saturated heterocycles. The second kappa shape index (κ2) is 6.84. The standard InChI is InChI=1S/C16H24FN3/c1-3-4-12(9-10-18)5-8-16-19-14-7-6-13(17)11-15(14)20(16)2/h6-7,11-12H,3-5,8-10,18H2,1-2H3. The van der Waals surface area contributed by atoms with Gasteiger partial charge in [0.2, 0.25) is 0 Å². The van der Waals surface area contributed by atoms with Crippen LogP contribution in [0.3, 0.4) is 0 Å². The summed E-state index contributed by atoms with van der Waals surface area (Å²) in [7, 11) is 1.96. The predicted molar refractivity (Wildman–Crippen MR) is 81.1 cm³/mol. The van der Waals surface area contributed by atoms with E-state index in [0.29, 0.717) is 5.92 Å². The Kier molecular flexibility index (Phi) is 5.12. The highest BCUT2D eigenvalue weighted by atomic mass is 19.1. The minimum Gasteiger partial charge on any atom is -0.331 e. The highest BCUT2D eigenvalue weighted by Crippen LogP contribution is 2.21. The Hall–Kier alpha value is -1.42. The molecule has 2 N–H and O–H groups in total. The summed E-state index contributed by atoms with van der Waals surface area (Å²) in [5.74, 6) is 1.49. The molecule has 0 fully saturated rings. The van der Waals surface area contributed by atoms with Gasteiger partial charge in [0.1, 0.15) is 11.6 Å². The lowest BCUT2D eigenvalue weighted by Gasteiger charge is -2.14. The fourth-order valence-electron chi connectivity index (χ4n) is 2.85. The smallest absolute Gasteiger partial charge is 0.125 e. The molecule has 0 aliphatic heterocycles. The van der Waals surface area contributed by atoms with Crippen molar-refractivity contribution < 1.29 is 4.39 Å². The molecule has 0 bridgehead atoms. The number of nitrogens with two attached hydrogens (primary N) is 1. The molecule has 0 aliphatic rings. The van der Waals surface area contributed by atoms with E-state index in [4.69, 9.17) is 5.73 Å². The third-order valence-electron chi connectivity index (χ3n) is 3.98. The molecule has 110 valence electrons. The molecule has 2 aromatic rings. The van der Waals surface area contributed by atoms with E-state index in [-0.39, 0.29) is 5.82 Å². The molecule has 4 heteroatoms. The fraction of sp³-hybridized carbons (Fsp3) is 0.562. The first-order valence-corrected chi connectivity index (χ1v) is 7.46. The van der Waals surface area contributed by atoms with Crippen LogP contribution in [0, 0.1) is 11.7 Å². The summed E-state index contributed by atoms with van der Waals surface area (Å²) in [6.07, 6.45) is 5.52. The first-order valence-electron chi connectivity index (χ1n) is 7.46. The van der Waals surface area contributed by atoms with Gasteiger partial charge >= 0.3 is 0 Å². The van der Waals surface area contributed by atoms with Crippen LogP contribution < -0.4 is 5.73 Å². The highest BCUT2D eigenvalue weighted by molar-refractivity contribution is 5.75. The Morgan fingerprint density at radius 2 is 2.10 bits per heavy atom. The lowest BCUT2D eigenvalue weighted by Crippen LogP contribution is -2.11. The number of rotatable bonds is 7. The van der Waals surface area contributed by atoms with Gasteiger partial charge in [0, 0.05) is 13.5 Å². The van der Waals surface area contributed by atoms with Crippen molar-refractivity contribution >= 4 is 11.0 Å². The number of halogens is 1. The quantitative estimate of drug-likeness (QED) is 0.843. The largest absolute Gasteiger partial charge is 0.331 e. The number of imidazole rings is 1. The zero-order valence-corrected chi connectivity index (χ0v) is 12.4. The van der Waals surface area contributed by atoms with Crippen molar-refractivity contribution in [1.29, 1.82) is 0 Å². The number of nitrogens with zero attached hydrogens (tertiary/aromatic N) is 2. The van der Waals surface area contributed by atoms with Crippen molar-refractivity contribution in [2.75, 3.05) is 6.54 Å². The Bertz CT molecular complexity index is 556. The van der Waals surface area contributed by atoms with E-state index in [1.165, 1.54) is 18.9 Å². The normalized spacial score (nSPS) is 13.0. The van der Waals surface area contributed by atoms with Crippen LogP contribution in [0.15, 0.2) is 18.2 Å². The molecule has 1 aromatic heterocycles. The molecule has 0 saturated carbocycles. The molecule has 1 aromatic carbocycles. The SMILES string of the molecule is CCCC(CCN)CCc1nc2ccc(F)cc2n1C. The number of hydrogen-bond donors (Lipinski definition) is 1. The van der Waals surface area contributed by atoms with Crippen LogP contribution in [0.2, 0.25) is 0 Å². The number of fused-ring (bicyclic) bond motifs is 1. The van der Waals surface area contributed by atoms with Gasteiger partial charge in [-0.15, -0.1) is 0 Å². The first-order chi connectivity index (χ1) is 9.65. The van der Waals surface area contributed by atoms with Crippen molar-refractivity contribution in [3.63, 3.8) is 0 Å². The number of aromatic nitrogens is 2. The number of benzene rings is 1. The average Bonchev–Trinajstić information content (AvgIpc) is 2.73. The van der Waals surface area contributed by atoms with Gasteiger partial charge < -0.3 is 10.3 Å². The summed E-state index contributed by atoms with van der Waals surface area (Å²) in [4.78, 5) is 4.61. The zero-order valence-electron chi connectivity index (χ0n) is 12.4. The van der Waals surface area contributed by atoms with Gasteiger partial charge in [-0.25, -0.2) is 9.37 Å². The molecule has 1 unspecified atom stereocenters. The van der Waals surface area contributed by atoms with Gasteiger partial charge in [-0.05, 0) is 43.5 Å². The van der Waals surface area contributed by atoms with Gasteiger partial charge in [-0.3, -0.25) is 0 Å². The third-order valence-corrected chi connectivity index (χ3v) is 3.98. The minimum absolute atomic E-state index is 0.209. The monoisotopic (exact) mass is 277 g/mol. The van der Waals surface area contributed by atoms with Crippen LogP contribution in [-0.2, 0) is 13.5 Å². The molecule has 1 atom stereocenters. The van der Waals surface area contributed by atoms with Crippen LogP contribution in [0.4, 0.5) is 4.39 Å². The van der Waals surface area contributed by atoms with Crippen LogP contribution >= 0.6 is 0 Å². The second-order valence-corrected chi connectivity index (χ2v) is 5.49. The predicted octanol–water partition coefficient (Wildman–Crippen LogP) is 3.41. The van der Waals surface area contributed by atoms with Crippen LogP contribution in [0.25, 0.3) is 11.0 Å². The van der Waals surface area contributed by atoms with E-state index in [2.05, 4.69) is 11.9 Å². The summed E-state index contributed by atoms with van der Waals surface area (Å²) in [5, 5.41) is 0. The Balaban J connectivity index is 2.11. The third kappa shape index (κ3) is 3.37. The summed E-state index contributed by atoms with van der Waals surface area (Å²) in [6, 6.07) is 4.76. The molecule has 0 amide bonds. The molecule has 2 rings (SSSR count). The van der Waals surface area contributed by atoms with Gasteiger partial charge in [0.05, 0.1) is 11.0 Å². The van der Waals surface area contributed by atoms with E-state index in [1.54, 1.807) is 12.1 Å². The van der Waals surface area contributed by atoms with E-state index in [0.717, 1.165) is 42.7 Å². The average molecular weight is 277 g/mol. The maximum atomic E-state index is 13.3. The number of hydrogen-bond acceptors (Lipinski definition) is 2. The maximum Gasteiger partial charge on any atom is 0.125 e. The van der Waals surface area contributed by atoms with Gasteiger partial charge in [-0.2, -0.15) is 0 Å². The summed E-state index contributed by atoms with van der Waals surface area (Å²) in [5.41, 5.74) is 7.41. The molecular weight excluding hydrogens is 253 g/mol. The zero-order chi connectivity index (χ0) is 14.5. The fourth-order valence-corrected chi connectivity index (χ4v) is 2.85. The van der Waals surface area contributed by atoms with Gasteiger partial charge in [0.15, 0.2) is 0 Å². The van der Waals surface area contributed by atoms with Crippen LogP contribution in [0.1, 0.15) is 38.4 Å². The van der Waals surface area contributed by atoms with Crippen molar-refractivity contribution in [2.45, 2.75) is 39.0 Å². The lowest BCUT2D eigenvalue weighted by molar-refractivity contribution is 0.416. The number of aryl methyl sites for hydroxylation is 2. The molecule has 1 heterocycles. The van der Waals surface area contributed by atoms with E-state index < -0.39 is 0 Å². The Labute approximate surface area is 120 Å². The van der Waals surface area contributed by atoms with Gasteiger partial charge in [-0.1, -0.05) is 19.8 Å². The van der Waals surface area contributed by atoms with Crippen molar-refractivity contribution in [1.82, 2.24) is 9.55 Å². The summed E-state index contributed by atoms with van der Waals surface area (Å²) in [6.45, 7) is 2.96. The maximum absolute atomic E-state index is 13.3. The highest BCUT2D eigenvalue weighted by Gasteiger charge is 2.12. The molecule has 0 aliphatic carbocycles. The van der Waals surface area contributed by atoms with Gasteiger partial charge in [0.25, 0.3) is 0 Å². The molecular formula is C16H24FN3. The summed E-state index contributed by atoms with van der Waals surface area (Å²) >= 11 is 0. The molecule has 0 radical (unpaired) electrons. The van der Waals surface area contributed by atoms with E-state index in [9.17, 15) is 4.39 Å². The lowest BCUT2D eigenvalue weighted by atomic mass is 9.94. The van der Waals surface area contributed by atoms with E-state index in [1.807, 2.05) is 11.6 Å². The first kappa shape index (κ1) is 15.0. The van der Waals surface area contributed by atoms with Crippen molar-refractivity contribution in [3.8, 4) is 0 Å². The van der Waals surface area contributed by atoms with Crippen LogP contribution in [0.5, 0.6) is 0 Å². The van der Waals surface area contributed by atoms with Crippen molar-refractivity contribution in [3.05, 3.63) is 29.8 Å². The van der Waals surface area contributed by atoms with E-state index >= 15 is 0 Å². The van der Waals surface area contributed by atoms with Crippen molar-refractivity contribution in [2.24, 2.45) is 18.7 Å². The minimum atomic E-state index is -0.209. The topological polar surface area (TPSA) is 43.8 Å². The summed E-state index contributed by atoms with van der Waals surface area (Å²) < 4.78 is 15.3. The molecule has 20 heavy (non-hydrogen) atoms. The Morgan fingerprint density at radius 3 is 2.80 bits per heavy atom.